The number of hydrogen-bond donors (Lipinski definition) is 1. The first-order chi connectivity index (χ1) is 7.65. The number of piperidine rings is 1. The number of likely N-dealkylation sites (tertiary alicyclic amines) is 1. The summed E-state index contributed by atoms with van der Waals surface area (Å²) >= 11 is 0. The Hall–Kier alpha value is -0.910. The zero-order valence-electron chi connectivity index (χ0n) is 10.7. The molecule has 0 saturated carbocycles. The van der Waals surface area contributed by atoms with Crippen LogP contribution in [0.4, 0.5) is 13.6 Å². The van der Waals surface area contributed by atoms with Crippen LogP contribution in [0.5, 0.6) is 0 Å². The van der Waals surface area contributed by atoms with Gasteiger partial charge in [-0.15, -0.1) is 0 Å². The van der Waals surface area contributed by atoms with Crippen LogP contribution in [-0.2, 0) is 4.74 Å². The van der Waals surface area contributed by atoms with Crippen LogP contribution >= 0.6 is 0 Å². The lowest BCUT2D eigenvalue weighted by molar-refractivity contribution is -0.0896. The van der Waals surface area contributed by atoms with Crippen LogP contribution in [0.15, 0.2) is 0 Å². The summed E-state index contributed by atoms with van der Waals surface area (Å²) in [6.45, 7) is 4.83. The lowest BCUT2D eigenvalue weighted by Gasteiger charge is -2.38. The number of alkyl halides is 2. The van der Waals surface area contributed by atoms with Gasteiger partial charge in [0.1, 0.15) is 5.60 Å². The molecule has 1 N–H and O–H groups in total. The van der Waals surface area contributed by atoms with E-state index in [1.807, 2.05) is 0 Å². The summed E-state index contributed by atoms with van der Waals surface area (Å²) in [5, 5.41) is 2.57. The largest absolute Gasteiger partial charge is 0.444 e. The molecule has 1 saturated heterocycles. The average molecular weight is 250 g/mol. The Labute approximate surface area is 100 Å². The third-order valence-corrected chi connectivity index (χ3v) is 2.60. The number of hydrogen-bond acceptors (Lipinski definition) is 3. The number of ether oxygens (including phenoxy) is 1. The molecule has 0 unspecified atom stereocenters. The van der Waals surface area contributed by atoms with Crippen molar-refractivity contribution >= 4 is 6.09 Å². The van der Waals surface area contributed by atoms with Gasteiger partial charge >= 0.3 is 6.09 Å². The van der Waals surface area contributed by atoms with Gasteiger partial charge in [0.05, 0.1) is 12.6 Å². The van der Waals surface area contributed by atoms with Crippen LogP contribution in [-0.4, -0.2) is 48.7 Å². The molecule has 0 aromatic carbocycles. The second-order valence-corrected chi connectivity index (χ2v) is 5.29. The Morgan fingerprint density at radius 2 is 2.06 bits per heavy atom. The number of carbonyl (C=O) groups excluding carboxylic acids is 1. The topological polar surface area (TPSA) is 41.6 Å². The highest BCUT2D eigenvalue weighted by Crippen LogP contribution is 2.28. The van der Waals surface area contributed by atoms with Gasteiger partial charge in [0.2, 0.25) is 0 Å². The van der Waals surface area contributed by atoms with Crippen molar-refractivity contribution in [3.63, 3.8) is 0 Å². The van der Waals surface area contributed by atoms with Crippen molar-refractivity contribution in [3.8, 4) is 0 Å². The fraction of sp³-hybridized carbons (Fsp3) is 0.909. The highest BCUT2D eigenvalue weighted by atomic mass is 19.3. The normalized spacial score (nSPS) is 24.6. The van der Waals surface area contributed by atoms with E-state index >= 15 is 0 Å². The molecular weight excluding hydrogens is 230 g/mol. The molecule has 1 atom stereocenters. The Morgan fingerprint density at radius 1 is 1.47 bits per heavy atom. The second kappa shape index (κ2) is 4.76. The Kier molecular flexibility index (Phi) is 3.96. The lowest BCUT2D eigenvalue weighted by Crippen LogP contribution is -2.58. The summed E-state index contributed by atoms with van der Waals surface area (Å²) in [5.74, 6) is -2.91. The monoisotopic (exact) mass is 250 g/mol. The van der Waals surface area contributed by atoms with Crippen LogP contribution < -0.4 is 5.32 Å². The van der Waals surface area contributed by atoms with E-state index in [4.69, 9.17) is 4.74 Å². The van der Waals surface area contributed by atoms with Crippen molar-refractivity contribution in [1.29, 1.82) is 0 Å². The summed E-state index contributed by atoms with van der Waals surface area (Å²) in [7, 11) is 1.50. The molecule has 1 aliphatic rings. The zero-order valence-corrected chi connectivity index (χ0v) is 10.7. The first-order valence-electron chi connectivity index (χ1n) is 5.69. The molecule has 1 amide bonds. The van der Waals surface area contributed by atoms with Gasteiger partial charge in [0, 0.05) is 6.54 Å². The molecular formula is C11H20F2N2O2. The molecule has 0 aromatic heterocycles. The summed E-state index contributed by atoms with van der Waals surface area (Å²) in [6, 6.07) is -0.874. The smallest absolute Gasteiger partial charge is 0.410 e. The van der Waals surface area contributed by atoms with Crippen LogP contribution in [0.1, 0.15) is 27.2 Å². The maximum Gasteiger partial charge on any atom is 0.410 e. The molecule has 0 spiro atoms. The second-order valence-electron chi connectivity index (χ2n) is 5.29. The van der Waals surface area contributed by atoms with Gasteiger partial charge in [0.15, 0.2) is 0 Å². The number of nitrogens with one attached hydrogen (secondary N) is 1. The van der Waals surface area contributed by atoms with Crippen molar-refractivity contribution in [2.45, 2.75) is 44.8 Å². The maximum atomic E-state index is 13.6. The van der Waals surface area contributed by atoms with Gasteiger partial charge in [-0.25, -0.2) is 13.6 Å². The van der Waals surface area contributed by atoms with E-state index in [9.17, 15) is 13.6 Å². The summed E-state index contributed by atoms with van der Waals surface area (Å²) < 4.78 is 32.3. The number of amides is 1. The average Bonchev–Trinajstić information content (AvgIpc) is 2.13. The minimum Gasteiger partial charge on any atom is -0.444 e. The maximum absolute atomic E-state index is 13.6. The van der Waals surface area contributed by atoms with Crippen molar-refractivity contribution in [1.82, 2.24) is 10.2 Å². The molecule has 1 fully saturated rings. The van der Waals surface area contributed by atoms with E-state index < -0.39 is 30.2 Å². The van der Waals surface area contributed by atoms with E-state index in [1.165, 1.54) is 7.05 Å². The van der Waals surface area contributed by atoms with Crippen LogP contribution in [0.25, 0.3) is 0 Å². The van der Waals surface area contributed by atoms with E-state index in [2.05, 4.69) is 5.32 Å². The van der Waals surface area contributed by atoms with Crippen LogP contribution in [0.2, 0.25) is 0 Å². The molecule has 100 valence electrons. The molecule has 0 bridgehead atoms. The number of rotatable bonds is 1. The number of carbonyl (C=O) groups is 1. The third kappa shape index (κ3) is 3.80. The van der Waals surface area contributed by atoms with Crippen molar-refractivity contribution in [3.05, 3.63) is 0 Å². The molecule has 1 aliphatic heterocycles. The predicted molar refractivity (Wildman–Crippen MR) is 60.2 cm³/mol. The molecule has 17 heavy (non-hydrogen) atoms. The number of nitrogens with zero attached hydrogens (tertiary/aromatic N) is 1. The highest BCUT2D eigenvalue weighted by Gasteiger charge is 2.45. The molecule has 1 heterocycles. The zero-order chi connectivity index (χ0) is 13.3. The molecule has 1 rings (SSSR count). The Balaban J connectivity index is 2.62. The van der Waals surface area contributed by atoms with Gasteiger partial charge in [-0.3, -0.25) is 0 Å². The standard InChI is InChI=1S/C11H20F2N2O2/c1-10(2,3)17-9(16)15-6-5-8(14-4)11(12,13)7-15/h8,14H,5-7H2,1-4H3/t8-/m0/s1. The first kappa shape index (κ1) is 14.2. The lowest BCUT2D eigenvalue weighted by atomic mass is 10.0. The van der Waals surface area contributed by atoms with Crippen molar-refractivity contribution < 1.29 is 18.3 Å². The fourth-order valence-electron chi connectivity index (χ4n) is 1.78. The van der Waals surface area contributed by atoms with E-state index in [0.29, 0.717) is 0 Å². The van der Waals surface area contributed by atoms with Crippen LogP contribution in [0, 0.1) is 0 Å². The molecule has 0 aromatic rings. The van der Waals surface area contributed by atoms with Crippen molar-refractivity contribution in [2.24, 2.45) is 0 Å². The highest BCUT2D eigenvalue weighted by molar-refractivity contribution is 5.68. The fourth-order valence-corrected chi connectivity index (χ4v) is 1.78. The third-order valence-electron chi connectivity index (χ3n) is 2.60. The Morgan fingerprint density at radius 3 is 2.47 bits per heavy atom. The van der Waals surface area contributed by atoms with Gasteiger partial charge in [0.25, 0.3) is 5.92 Å². The minimum atomic E-state index is -2.91. The molecule has 4 nitrogen and oxygen atoms in total. The molecule has 0 aliphatic carbocycles. The van der Waals surface area contributed by atoms with Gasteiger partial charge in [-0.2, -0.15) is 0 Å². The van der Waals surface area contributed by atoms with Gasteiger partial charge < -0.3 is 15.0 Å². The van der Waals surface area contributed by atoms with Gasteiger partial charge in [-0.1, -0.05) is 0 Å². The van der Waals surface area contributed by atoms with Crippen LogP contribution in [0.3, 0.4) is 0 Å². The predicted octanol–water partition coefficient (Wildman–Crippen LogP) is 1.85. The SMILES string of the molecule is CN[C@H]1CCN(C(=O)OC(C)(C)C)CC1(F)F. The van der Waals surface area contributed by atoms with Gasteiger partial charge in [-0.05, 0) is 34.2 Å². The molecule has 6 heteroatoms. The van der Waals surface area contributed by atoms with E-state index in [-0.39, 0.29) is 13.0 Å². The van der Waals surface area contributed by atoms with E-state index in [1.54, 1.807) is 20.8 Å². The van der Waals surface area contributed by atoms with Crippen molar-refractivity contribution in [2.75, 3.05) is 20.1 Å². The molecule has 0 radical (unpaired) electrons. The Bertz CT molecular complexity index is 290. The quantitative estimate of drug-likeness (QED) is 0.772. The first-order valence-corrected chi connectivity index (χ1v) is 5.69. The summed E-state index contributed by atoms with van der Waals surface area (Å²) in [5.41, 5.74) is -0.660. The summed E-state index contributed by atoms with van der Waals surface area (Å²) in [4.78, 5) is 12.7. The minimum absolute atomic E-state index is 0.225. The summed E-state index contributed by atoms with van der Waals surface area (Å²) in [6.07, 6.45) is -0.449. The van der Waals surface area contributed by atoms with E-state index in [0.717, 1.165) is 4.90 Å². The number of halogens is 2.